The summed E-state index contributed by atoms with van der Waals surface area (Å²) >= 11 is 0. The average molecular weight is 110 g/mol. The molecule has 0 fully saturated rings. The summed E-state index contributed by atoms with van der Waals surface area (Å²) in [6.45, 7) is 4.00. The summed E-state index contributed by atoms with van der Waals surface area (Å²) in [6, 6.07) is 0. The number of hydrogen-bond acceptors (Lipinski definition) is 2. The van der Waals surface area contributed by atoms with E-state index in [9.17, 15) is 0 Å². The fourth-order valence-corrected chi connectivity index (χ4v) is 0. The Bertz CT molecular complexity index is 22.8. The van der Waals surface area contributed by atoms with Gasteiger partial charge in [0, 0.05) is 7.11 Å². The Morgan fingerprint density at radius 1 is 1.50 bits per heavy atom. The molecule has 1 atom stereocenters. The first-order chi connectivity index (χ1) is 2.91. The molecular weight excluding hydrogens is 99.0 g/mol. The molecule has 0 aliphatic rings. The lowest BCUT2D eigenvalue weighted by atomic mass is 11.0. The van der Waals surface area contributed by atoms with Crippen LogP contribution in [0.5, 0.6) is 0 Å². The van der Waals surface area contributed by atoms with Gasteiger partial charge in [-0.05, 0) is 0 Å². The van der Waals surface area contributed by atoms with Crippen LogP contribution in [0, 0.1) is 0 Å². The van der Waals surface area contributed by atoms with E-state index in [1.807, 2.05) is 13.8 Å². The Morgan fingerprint density at radius 2 is 1.67 bits per heavy atom. The first-order valence-corrected chi connectivity index (χ1v) is 2.82. The molecule has 0 saturated heterocycles. The topological polar surface area (TPSA) is 26.3 Å². The Labute approximate surface area is 39.8 Å². The van der Waals surface area contributed by atoms with Gasteiger partial charge in [-0.25, -0.2) is 0 Å². The standard InChI is InChI=1S/C2H6.CH5O2P/c1-2;1-3-4-2/h1-2H3;4H2,1H3. The van der Waals surface area contributed by atoms with Gasteiger partial charge < -0.3 is 4.52 Å². The highest BCUT2D eigenvalue weighted by atomic mass is 31.1. The van der Waals surface area contributed by atoms with E-state index >= 15 is 0 Å². The van der Waals surface area contributed by atoms with Crippen molar-refractivity contribution >= 4 is 8.69 Å². The molecule has 0 aromatic heterocycles. The van der Waals surface area contributed by atoms with E-state index in [0.717, 1.165) is 0 Å². The summed E-state index contributed by atoms with van der Waals surface area (Å²) in [6.07, 6.45) is 0. The van der Waals surface area contributed by atoms with Crippen LogP contribution in [-0.2, 0) is 9.09 Å². The number of rotatable bonds is 1. The quantitative estimate of drug-likeness (QED) is 0.476. The average Bonchev–Trinajstić information content (AvgIpc) is 1.72. The van der Waals surface area contributed by atoms with Crippen molar-refractivity contribution in [1.82, 2.24) is 0 Å². The molecule has 0 saturated carbocycles. The summed E-state index contributed by atoms with van der Waals surface area (Å²) in [5, 5.41) is 0. The molecule has 0 aromatic carbocycles. The molecular formula is C3H11O2P. The predicted octanol–water partition coefficient (Wildman–Crippen LogP) is 1.33. The Balaban J connectivity index is 0. The molecule has 0 rings (SSSR count). The lowest BCUT2D eigenvalue weighted by Gasteiger charge is -1.63. The van der Waals surface area contributed by atoms with Gasteiger partial charge in [-0.2, -0.15) is 0 Å². The summed E-state index contributed by atoms with van der Waals surface area (Å²) in [4.78, 5) is 0. The second kappa shape index (κ2) is 19.0. The van der Waals surface area contributed by atoms with E-state index in [0.29, 0.717) is 0 Å². The van der Waals surface area contributed by atoms with Gasteiger partial charge in [0.15, 0.2) is 8.69 Å². The molecule has 6 heavy (non-hydrogen) atoms. The van der Waals surface area contributed by atoms with E-state index in [-0.39, 0.29) is 0 Å². The second-order valence-corrected chi connectivity index (χ2v) is 0.996. The highest BCUT2D eigenvalue weighted by Crippen LogP contribution is 1.83. The zero-order valence-electron chi connectivity index (χ0n) is 4.39. The predicted molar refractivity (Wildman–Crippen MR) is 28.8 cm³/mol. The van der Waals surface area contributed by atoms with Crippen LogP contribution in [0.25, 0.3) is 0 Å². The number of hydrogen-bond donors (Lipinski definition) is 0. The minimum Gasteiger partial charge on any atom is -0.336 e. The van der Waals surface area contributed by atoms with Crippen molar-refractivity contribution < 1.29 is 9.09 Å². The Kier molecular flexibility index (Phi) is 30.1. The molecule has 0 heterocycles. The molecule has 0 aliphatic heterocycles. The van der Waals surface area contributed by atoms with Gasteiger partial charge in [-0.1, -0.05) is 13.8 Å². The maximum Gasteiger partial charge on any atom is 0.179 e. The highest BCUT2D eigenvalue weighted by Gasteiger charge is 1.43. The molecule has 0 amide bonds. The third-order valence-corrected chi connectivity index (χ3v) is 0.289. The maximum atomic E-state index is 9.16. The van der Waals surface area contributed by atoms with Crippen LogP contribution in [0.4, 0.5) is 0 Å². The van der Waals surface area contributed by atoms with Crippen molar-refractivity contribution in [1.29, 1.82) is 0 Å². The molecule has 1 unspecified atom stereocenters. The molecule has 0 aromatic rings. The van der Waals surface area contributed by atoms with Crippen molar-refractivity contribution in [2.45, 2.75) is 13.8 Å². The van der Waals surface area contributed by atoms with Crippen LogP contribution < -0.4 is 0 Å². The lowest BCUT2D eigenvalue weighted by molar-refractivity contribution is 0.433. The molecule has 0 radical (unpaired) electrons. The zero-order valence-corrected chi connectivity index (χ0v) is 5.55. The van der Waals surface area contributed by atoms with Crippen LogP contribution >= 0.6 is 8.69 Å². The minimum absolute atomic E-state index is 0.968. The fourth-order valence-electron chi connectivity index (χ4n) is 0. The fraction of sp³-hybridized carbons (Fsp3) is 1.00. The molecule has 0 spiro atoms. The largest absolute Gasteiger partial charge is 0.336 e. The monoisotopic (exact) mass is 110 g/mol. The van der Waals surface area contributed by atoms with E-state index in [2.05, 4.69) is 4.52 Å². The molecule has 0 N–H and O–H groups in total. The minimum atomic E-state index is -0.968. The van der Waals surface area contributed by atoms with E-state index in [4.69, 9.17) is 4.57 Å². The molecule has 0 aliphatic carbocycles. The smallest absolute Gasteiger partial charge is 0.179 e. The van der Waals surface area contributed by atoms with Crippen molar-refractivity contribution in [2.75, 3.05) is 7.11 Å². The Hall–Kier alpha value is 0.190. The van der Waals surface area contributed by atoms with Crippen LogP contribution in [-0.4, -0.2) is 7.11 Å². The first-order valence-electron chi connectivity index (χ1n) is 1.88. The summed E-state index contributed by atoms with van der Waals surface area (Å²) in [5.74, 6) is 0. The van der Waals surface area contributed by atoms with Gasteiger partial charge in [0.1, 0.15) is 0 Å². The summed E-state index contributed by atoms with van der Waals surface area (Å²) in [5.41, 5.74) is 0. The first kappa shape index (κ1) is 9.50. The van der Waals surface area contributed by atoms with Gasteiger partial charge >= 0.3 is 0 Å². The third-order valence-electron chi connectivity index (χ3n) is 0.0962. The van der Waals surface area contributed by atoms with Crippen molar-refractivity contribution in [3.05, 3.63) is 0 Å². The summed E-state index contributed by atoms with van der Waals surface area (Å²) < 4.78 is 13.2. The van der Waals surface area contributed by atoms with E-state index in [1.54, 1.807) is 0 Å². The molecule has 40 valence electrons. The van der Waals surface area contributed by atoms with Gasteiger partial charge in [-0.15, -0.1) is 0 Å². The van der Waals surface area contributed by atoms with Crippen LogP contribution in [0.1, 0.15) is 13.8 Å². The van der Waals surface area contributed by atoms with Crippen molar-refractivity contribution in [3.63, 3.8) is 0 Å². The Morgan fingerprint density at radius 3 is 1.67 bits per heavy atom. The van der Waals surface area contributed by atoms with Crippen molar-refractivity contribution in [3.8, 4) is 0 Å². The lowest BCUT2D eigenvalue weighted by Crippen LogP contribution is -1.42. The van der Waals surface area contributed by atoms with Crippen LogP contribution in [0.15, 0.2) is 0 Å². The van der Waals surface area contributed by atoms with E-state index in [1.165, 1.54) is 7.11 Å². The summed E-state index contributed by atoms with van der Waals surface area (Å²) in [7, 11) is 0.437. The van der Waals surface area contributed by atoms with Gasteiger partial charge in [0.2, 0.25) is 0 Å². The molecule has 3 heteroatoms. The zero-order chi connectivity index (χ0) is 5.41. The van der Waals surface area contributed by atoms with Gasteiger partial charge in [0.25, 0.3) is 0 Å². The second-order valence-electron chi connectivity index (χ2n) is 0.332. The van der Waals surface area contributed by atoms with Gasteiger partial charge in [0.05, 0.1) is 0 Å². The normalized spacial score (nSPS) is 7.83. The van der Waals surface area contributed by atoms with Gasteiger partial charge in [-0.3, -0.25) is 4.57 Å². The van der Waals surface area contributed by atoms with Crippen LogP contribution in [0.2, 0.25) is 0 Å². The maximum absolute atomic E-state index is 9.16. The molecule has 2 nitrogen and oxygen atoms in total. The van der Waals surface area contributed by atoms with E-state index < -0.39 is 8.69 Å². The molecule has 0 bridgehead atoms. The highest BCUT2D eigenvalue weighted by molar-refractivity contribution is 7.17. The third kappa shape index (κ3) is 30.1. The van der Waals surface area contributed by atoms with Crippen molar-refractivity contribution in [2.24, 2.45) is 0 Å². The SMILES string of the molecule is CC.CO[PH2]=O. The van der Waals surface area contributed by atoms with Crippen LogP contribution in [0.3, 0.4) is 0 Å².